The Morgan fingerprint density at radius 3 is 1.73 bits per heavy atom. The molecule has 2 heteroatoms. The third-order valence-corrected chi connectivity index (χ3v) is 8.81. The second-order valence-corrected chi connectivity index (χ2v) is 11.4. The molecule has 0 bridgehead atoms. The summed E-state index contributed by atoms with van der Waals surface area (Å²) in [7, 11) is 0. The minimum Gasteiger partial charge on any atom is -0.244 e. The molecule has 0 unspecified atom stereocenters. The molecule has 0 atom stereocenters. The van der Waals surface area contributed by atoms with Gasteiger partial charge in [0.05, 0.1) is 22.4 Å². The molecule has 0 aliphatic rings. The first kappa shape index (κ1) is 24.7. The standard InChI is InChI=1S/C42H26N2/c1-2-9-27(10-3-1)30-12-8-13-32(25-30)41-42(44-39-16-7-6-15-38(39)43-41)33-21-22-34-31(26-33)20-24-37-36(34)23-19-29-18-17-28-11-4-5-14-35(28)40(29)37/h1-26H. The van der Waals surface area contributed by atoms with Gasteiger partial charge in [0, 0.05) is 11.1 Å². The maximum absolute atomic E-state index is 5.21. The van der Waals surface area contributed by atoms with Crippen LogP contribution in [0.25, 0.3) is 87.8 Å². The van der Waals surface area contributed by atoms with Crippen molar-refractivity contribution in [3.63, 3.8) is 0 Å². The van der Waals surface area contributed by atoms with Crippen LogP contribution in [0.2, 0.25) is 0 Å². The molecule has 0 saturated carbocycles. The van der Waals surface area contributed by atoms with Gasteiger partial charge in [-0.15, -0.1) is 0 Å². The summed E-state index contributed by atoms with van der Waals surface area (Å²) in [6.45, 7) is 0. The minimum atomic E-state index is 0.888. The average molecular weight is 559 g/mol. The van der Waals surface area contributed by atoms with Crippen LogP contribution < -0.4 is 0 Å². The van der Waals surface area contributed by atoms with Crippen LogP contribution in [-0.4, -0.2) is 9.97 Å². The predicted molar refractivity (Wildman–Crippen MR) is 186 cm³/mol. The highest BCUT2D eigenvalue weighted by atomic mass is 14.8. The van der Waals surface area contributed by atoms with Gasteiger partial charge in [0.25, 0.3) is 0 Å². The molecule has 1 aromatic heterocycles. The van der Waals surface area contributed by atoms with Gasteiger partial charge in [-0.1, -0.05) is 133 Å². The molecule has 0 radical (unpaired) electrons. The maximum atomic E-state index is 5.21. The Labute approximate surface area is 254 Å². The van der Waals surface area contributed by atoms with Crippen molar-refractivity contribution < 1.29 is 0 Å². The Morgan fingerprint density at radius 1 is 0.295 bits per heavy atom. The molecule has 0 amide bonds. The van der Waals surface area contributed by atoms with Crippen molar-refractivity contribution in [2.75, 3.05) is 0 Å². The Balaban J connectivity index is 1.26. The van der Waals surface area contributed by atoms with Crippen LogP contribution in [0.15, 0.2) is 158 Å². The van der Waals surface area contributed by atoms with Crippen molar-refractivity contribution in [2.24, 2.45) is 0 Å². The van der Waals surface area contributed by atoms with E-state index in [4.69, 9.17) is 9.97 Å². The van der Waals surface area contributed by atoms with Crippen molar-refractivity contribution in [1.29, 1.82) is 0 Å². The van der Waals surface area contributed by atoms with E-state index in [0.29, 0.717) is 0 Å². The summed E-state index contributed by atoms with van der Waals surface area (Å²) in [4.78, 5) is 10.4. The monoisotopic (exact) mass is 558 g/mol. The molecule has 1 heterocycles. The maximum Gasteiger partial charge on any atom is 0.0973 e. The molecule has 9 rings (SSSR count). The summed E-state index contributed by atoms with van der Waals surface area (Å²) in [5.74, 6) is 0. The highest BCUT2D eigenvalue weighted by Crippen LogP contribution is 2.38. The molecule has 0 fully saturated rings. The van der Waals surface area contributed by atoms with Crippen LogP contribution in [0.4, 0.5) is 0 Å². The highest BCUT2D eigenvalue weighted by molar-refractivity contribution is 6.24. The normalized spacial score (nSPS) is 11.6. The largest absolute Gasteiger partial charge is 0.244 e. The van der Waals surface area contributed by atoms with E-state index < -0.39 is 0 Å². The van der Waals surface area contributed by atoms with Crippen molar-refractivity contribution >= 4 is 54.1 Å². The molecular weight excluding hydrogens is 532 g/mol. The Morgan fingerprint density at radius 2 is 0.886 bits per heavy atom. The summed E-state index contributed by atoms with van der Waals surface area (Å²) in [6.07, 6.45) is 0. The molecule has 0 spiro atoms. The summed E-state index contributed by atoms with van der Waals surface area (Å²) in [6, 6.07) is 56.2. The molecular formula is C42H26N2. The summed E-state index contributed by atoms with van der Waals surface area (Å²) >= 11 is 0. The van der Waals surface area contributed by atoms with Crippen molar-refractivity contribution in [2.45, 2.75) is 0 Å². The van der Waals surface area contributed by atoms with Gasteiger partial charge in [0.2, 0.25) is 0 Å². The predicted octanol–water partition coefficient (Wildman–Crippen LogP) is 11.2. The van der Waals surface area contributed by atoms with Gasteiger partial charge in [-0.25, -0.2) is 9.97 Å². The molecule has 8 aromatic carbocycles. The molecule has 0 aliphatic heterocycles. The summed E-state index contributed by atoms with van der Waals surface area (Å²) in [5, 5.41) is 10.1. The van der Waals surface area contributed by atoms with Gasteiger partial charge in [0.1, 0.15) is 0 Å². The first-order valence-electron chi connectivity index (χ1n) is 15.0. The lowest BCUT2D eigenvalue weighted by Crippen LogP contribution is -1.96. The zero-order valence-electron chi connectivity index (χ0n) is 23.9. The van der Waals surface area contributed by atoms with Gasteiger partial charge < -0.3 is 0 Å². The number of nitrogens with zero attached hydrogens (tertiary/aromatic N) is 2. The van der Waals surface area contributed by atoms with E-state index in [9.17, 15) is 0 Å². The molecule has 9 aromatic rings. The SMILES string of the molecule is c1ccc(-c2cccc(-c3nc4ccccc4nc3-c3ccc4c(ccc5c4ccc4ccc6ccccc6c45)c3)c2)cc1. The number of para-hydroxylation sites is 2. The Bertz CT molecular complexity index is 2550. The molecule has 0 saturated heterocycles. The summed E-state index contributed by atoms with van der Waals surface area (Å²) < 4.78 is 0. The van der Waals surface area contributed by atoms with E-state index in [2.05, 4.69) is 127 Å². The van der Waals surface area contributed by atoms with E-state index in [-0.39, 0.29) is 0 Å². The number of hydrogen-bond donors (Lipinski definition) is 0. The van der Waals surface area contributed by atoms with Crippen LogP contribution in [0.1, 0.15) is 0 Å². The van der Waals surface area contributed by atoms with Crippen LogP contribution >= 0.6 is 0 Å². The molecule has 0 N–H and O–H groups in total. The molecule has 44 heavy (non-hydrogen) atoms. The Hall–Kier alpha value is -5.86. The fourth-order valence-electron chi connectivity index (χ4n) is 6.68. The lowest BCUT2D eigenvalue weighted by Gasteiger charge is -2.14. The second kappa shape index (κ2) is 9.86. The lowest BCUT2D eigenvalue weighted by atomic mass is 9.92. The van der Waals surface area contributed by atoms with Crippen LogP contribution in [0.5, 0.6) is 0 Å². The van der Waals surface area contributed by atoms with Crippen molar-refractivity contribution in [3.8, 4) is 33.6 Å². The third-order valence-electron chi connectivity index (χ3n) is 8.81. The minimum absolute atomic E-state index is 0.888. The van der Waals surface area contributed by atoms with E-state index >= 15 is 0 Å². The van der Waals surface area contributed by atoms with E-state index in [1.54, 1.807) is 0 Å². The van der Waals surface area contributed by atoms with Crippen LogP contribution in [0, 0.1) is 0 Å². The van der Waals surface area contributed by atoms with Gasteiger partial charge >= 0.3 is 0 Å². The van der Waals surface area contributed by atoms with Crippen molar-refractivity contribution in [3.05, 3.63) is 158 Å². The fraction of sp³-hybridized carbons (Fsp3) is 0. The van der Waals surface area contributed by atoms with Gasteiger partial charge in [-0.2, -0.15) is 0 Å². The summed E-state index contributed by atoms with van der Waals surface area (Å²) in [5.41, 5.74) is 8.01. The smallest absolute Gasteiger partial charge is 0.0973 e. The lowest BCUT2D eigenvalue weighted by molar-refractivity contribution is 1.29. The number of benzene rings is 8. The fourth-order valence-corrected chi connectivity index (χ4v) is 6.68. The van der Waals surface area contributed by atoms with Crippen molar-refractivity contribution in [1.82, 2.24) is 9.97 Å². The zero-order chi connectivity index (χ0) is 29.0. The van der Waals surface area contributed by atoms with Crippen LogP contribution in [-0.2, 0) is 0 Å². The molecule has 204 valence electrons. The molecule has 0 aliphatic carbocycles. The molecule has 2 nitrogen and oxygen atoms in total. The van der Waals surface area contributed by atoms with E-state index in [1.165, 1.54) is 48.7 Å². The van der Waals surface area contributed by atoms with Gasteiger partial charge in [-0.05, 0) is 78.5 Å². The van der Waals surface area contributed by atoms with Gasteiger partial charge in [-0.3, -0.25) is 0 Å². The highest BCUT2D eigenvalue weighted by Gasteiger charge is 2.16. The third kappa shape index (κ3) is 3.96. The van der Waals surface area contributed by atoms with E-state index in [0.717, 1.165) is 39.1 Å². The van der Waals surface area contributed by atoms with Gasteiger partial charge in [0.15, 0.2) is 0 Å². The first-order valence-corrected chi connectivity index (χ1v) is 15.0. The topological polar surface area (TPSA) is 25.8 Å². The quantitative estimate of drug-likeness (QED) is 0.202. The van der Waals surface area contributed by atoms with E-state index in [1.807, 2.05) is 30.3 Å². The van der Waals surface area contributed by atoms with Crippen LogP contribution in [0.3, 0.4) is 0 Å². The number of rotatable bonds is 3. The number of aromatic nitrogens is 2. The second-order valence-electron chi connectivity index (χ2n) is 11.4. The first-order chi connectivity index (χ1) is 21.8. The number of hydrogen-bond acceptors (Lipinski definition) is 2. The average Bonchev–Trinajstić information content (AvgIpc) is 3.10. The zero-order valence-corrected chi connectivity index (χ0v) is 23.9. The Kier molecular flexibility index (Phi) is 5.54. The number of fused-ring (bicyclic) bond motifs is 8.